The second-order valence-electron chi connectivity index (χ2n) is 5.01. The third-order valence-corrected chi connectivity index (χ3v) is 3.99. The maximum atomic E-state index is 5.94. The van der Waals surface area contributed by atoms with Crippen LogP contribution in [0.25, 0.3) is 0 Å². The molecule has 1 aromatic heterocycles. The first-order chi connectivity index (χ1) is 8.58. The standard InChI is InChI=1S/C13H19BrClN3/c1-9(2)16-8-11-4-3-5-18(11)13-12(14)6-10(15)7-17-13/h6-7,9,11,16H,3-5,8H2,1-2H3. The molecular weight excluding hydrogens is 314 g/mol. The van der Waals surface area contributed by atoms with Crippen molar-refractivity contribution in [2.75, 3.05) is 18.0 Å². The molecule has 1 atom stereocenters. The molecule has 0 saturated carbocycles. The van der Waals surface area contributed by atoms with Crippen LogP contribution in [0.5, 0.6) is 0 Å². The number of hydrogen-bond donors (Lipinski definition) is 1. The molecule has 1 N–H and O–H groups in total. The van der Waals surface area contributed by atoms with Crippen LogP contribution in [0.4, 0.5) is 5.82 Å². The van der Waals surface area contributed by atoms with Gasteiger partial charge in [0.05, 0.1) is 9.50 Å². The summed E-state index contributed by atoms with van der Waals surface area (Å²) in [5.74, 6) is 1.01. The summed E-state index contributed by atoms with van der Waals surface area (Å²) in [4.78, 5) is 6.83. The van der Waals surface area contributed by atoms with Crippen LogP contribution >= 0.6 is 27.5 Å². The zero-order valence-electron chi connectivity index (χ0n) is 10.8. The van der Waals surface area contributed by atoms with Crippen molar-refractivity contribution in [3.05, 3.63) is 21.8 Å². The molecule has 1 fully saturated rings. The normalized spacial score (nSPS) is 19.8. The molecule has 0 aromatic carbocycles. The van der Waals surface area contributed by atoms with Crippen molar-refractivity contribution >= 4 is 33.3 Å². The molecule has 2 heterocycles. The topological polar surface area (TPSA) is 28.2 Å². The Kier molecular flexibility index (Phi) is 4.87. The molecule has 5 heteroatoms. The fourth-order valence-electron chi connectivity index (χ4n) is 2.32. The number of halogens is 2. The smallest absolute Gasteiger partial charge is 0.143 e. The molecule has 0 aliphatic carbocycles. The van der Waals surface area contributed by atoms with Crippen molar-refractivity contribution in [1.82, 2.24) is 10.3 Å². The highest BCUT2D eigenvalue weighted by molar-refractivity contribution is 9.10. The first-order valence-electron chi connectivity index (χ1n) is 6.39. The van der Waals surface area contributed by atoms with E-state index in [4.69, 9.17) is 11.6 Å². The van der Waals surface area contributed by atoms with Gasteiger partial charge in [-0.25, -0.2) is 4.98 Å². The fraction of sp³-hybridized carbons (Fsp3) is 0.615. The molecule has 0 bridgehead atoms. The van der Waals surface area contributed by atoms with E-state index in [1.807, 2.05) is 6.07 Å². The average Bonchev–Trinajstić information content (AvgIpc) is 2.74. The van der Waals surface area contributed by atoms with Crippen LogP contribution in [0.15, 0.2) is 16.7 Å². The molecule has 2 rings (SSSR count). The van der Waals surface area contributed by atoms with Gasteiger partial charge in [0, 0.05) is 31.4 Å². The van der Waals surface area contributed by atoms with E-state index in [0.717, 1.165) is 23.4 Å². The minimum absolute atomic E-state index is 0.522. The van der Waals surface area contributed by atoms with Crippen LogP contribution < -0.4 is 10.2 Å². The van der Waals surface area contributed by atoms with E-state index in [1.165, 1.54) is 12.8 Å². The second kappa shape index (κ2) is 6.22. The van der Waals surface area contributed by atoms with Crippen molar-refractivity contribution in [1.29, 1.82) is 0 Å². The van der Waals surface area contributed by atoms with Gasteiger partial charge in [-0.1, -0.05) is 25.4 Å². The number of pyridine rings is 1. The highest BCUT2D eigenvalue weighted by Gasteiger charge is 2.26. The Balaban J connectivity index is 2.10. The molecule has 1 saturated heterocycles. The summed E-state index contributed by atoms with van der Waals surface area (Å²) >= 11 is 9.50. The van der Waals surface area contributed by atoms with Crippen molar-refractivity contribution in [2.45, 2.75) is 38.8 Å². The molecule has 0 spiro atoms. The van der Waals surface area contributed by atoms with E-state index >= 15 is 0 Å². The third kappa shape index (κ3) is 3.37. The number of nitrogens with zero attached hydrogens (tertiary/aromatic N) is 2. The van der Waals surface area contributed by atoms with E-state index in [-0.39, 0.29) is 0 Å². The molecule has 3 nitrogen and oxygen atoms in total. The summed E-state index contributed by atoms with van der Waals surface area (Å²) in [6.45, 7) is 6.43. The summed E-state index contributed by atoms with van der Waals surface area (Å²) in [6.07, 6.45) is 4.16. The lowest BCUT2D eigenvalue weighted by atomic mass is 10.2. The van der Waals surface area contributed by atoms with Gasteiger partial charge in [-0.05, 0) is 34.8 Å². The van der Waals surface area contributed by atoms with E-state index in [1.54, 1.807) is 6.20 Å². The van der Waals surface area contributed by atoms with Gasteiger partial charge in [-0.15, -0.1) is 0 Å². The van der Waals surface area contributed by atoms with E-state index in [0.29, 0.717) is 17.1 Å². The van der Waals surface area contributed by atoms with Gasteiger partial charge >= 0.3 is 0 Å². The fourth-order valence-corrected chi connectivity index (χ4v) is 3.18. The first kappa shape index (κ1) is 14.1. The first-order valence-corrected chi connectivity index (χ1v) is 7.56. The Hall–Kier alpha value is -0.320. The van der Waals surface area contributed by atoms with Crippen LogP contribution in [0.1, 0.15) is 26.7 Å². The number of rotatable bonds is 4. The van der Waals surface area contributed by atoms with Crippen LogP contribution in [0.2, 0.25) is 5.02 Å². The van der Waals surface area contributed by atoms with Crippen molar-refractivity contribution in [3.8, 4) is 0 Å². The molecule has 18 heavy (non-hydrogen) atoms. The molecule has 1 aliphatic heterocycles. The summed E-state index contributed by atoms with van der Waals surface area (Å²) in [5.41, 5.74) is 0. The van der Waals surface area contributed by atoms with E-state index < -0.39 is 0 Å². The van der Waals surface area contributed by atoms with Crippen molar-refractivity contribution in [3.63, 3.8) is 0 Å². The minimum atomic E-state index is 0.522. The lowest BCUT2D eigenvalue weighted by Crippen LogP contribution is -2.40. The highest BCUT2D eigenvalue weighted by Crippen LogP contribution is 2.31. The Bertz CT molecular complexity index is 411. The van der Waals surface area contributed by atoms with Gasteiger partial charge in [0.1, 0.15) is 5.82 Å². The predicted molar refractivity (Wildman–Crippen MR) is 80.5 cm³/mol. The van der Waals surface area contributed by atoms with Gasteiger partial charge in [-0.3, -0.25) is 0 Å². The Morgan fingerprint density at radius 3 is 3.06 bits per heavy atom. The number of hydrogen-bond acceptors (Lipinski definition) is 3. The lowest BCUT2D eigenvalue weighted by Gasteiger charge is -2.27. The SMILES string of the molecule is CC(C)NCC1CCCN1c1ncc(Cl)cc1Br. The zero-order valence-corrected chi connectivity index (χ0v) is 13.1. The number of nitrogens with one attached hydrogen (secondary N) is 1. The van der Waals surface area contributed by atoms with Gasteiger partial charge in [0.25, 0.3) is 0 Å². The second-order valence-corrected chi connectivity index (χ2v) is 6.30. The van der Waals surface area contributed by atoms with Crippen LogP contribution in [0, 0.1) is 0 Å². The van der Waals surface area contributed by atoms with Crippen LogP contribution in [0.3, 0.4) is 0 Å². The zero-order chi connectivity index (χ0) is 13.1. The third-order valence-electron chi connectivity index (χ3n) is 3.20. The lowest BCUT2D eigenvalue weighted by molar-refractivity contribution is 0.522. The summed E-state index contributed by atoms with van der Waals surface area (Å²) in [7, 11) is 0. The Morgan fingerprint density at radius 1 is 1.61 bits per heavy atom. The molecule has 1 unspecified atom stereocenters. The maximum Gasteiger partial charge on any atom is 0.143 e. The predicted octanol–water partition coefficient (Wildman–Crippen LogP) is 3.46. The van der Waals surface area contributed by atoms with Crippen LogP contribution in [-0.2, 0) is 0 Å². The number of anilines is 1. The molecule has 1 aromatic rings. The largest absolute Gasteiger partial charge is 0.351 e. The minimum Gasteiger partial charge on any atom is -0.351 e. The Labute approximate surface area is 122 Å². The molecule has 100 valence electrons. The maximum absolute atomic E-state index is 5.94. The van der Waals surface area contributed by atoms with E-state index in [9.17, 15) is 0 Å². The summed E-state index contributed by atoms with van der Waals surface area (Å²) < 4.78 is 0.978. The molecular formula is C13H19BrClN3. The molecule has 0 radical (unpaired) electrons. The highest BCUT2D eigenvalue weighted by atomic mass is 79.9. The summed E-state index contributed by atoms with van der Waals surface area (Å²) in [6, 6.07) is 2.96. The van der Waals surface area contributed by atoms with Gasteiger partial charge in [0.15, 0.2) is 0 Å². The number of aromatic nitrogens is 1. The quantitative estimate of drug-likeness (QED) is 0.915. The monoisotopic (exact) mass is 331 g/mol. The van der Waals surface area contributed by atoms with Gasteiger partial charge < -0.3 is 10.2 Å². The van der Waals surface area contributed by atoms with Crippen molar-refractivity contribution in [2.24, 2.45) is 0 Å². The van der Waals surface area contributed by atoms with Gasteiger partial charge in [-0.2, -0.15) is 0 Å². The molecule has 1 aliphatic rings. The average molecular weight is 333 g/mol. The van der Waals surface area contributed by atoms with Gasteiger partial charge in [0.2, 0.25) is 0 Å². The Morgan fingerprint density at radius 2 is 2.39 bits per heavy atom. The summed E-state index contributed by atoms with van der Waals surface area (Å²) in [5, 5.41) is 4.18. The van der Waals surface area contributed by atoms with Crippen LogP contribution in [-0.4, -0.2) is 30.2 Å². The van der Waals surface area contributed by atoms with Crippen molar-refractivity contribution < 1.29 is 0 Å². The van der Waals surface area contributed by atoms with E-state index in [2.05, 4.69) is 45.0 Å². The molecule has 0 amide bonds.